The maximum absolute atomic E-state index is 13.3. The number of pyridine rings is 2. The molecule has 2 saturated heterocycles. The van der Waals surface area contributed by atoms with Gasteiger partial charge in [0, 0.05) is 81.3 Å². The molecule has 21 heteroatoms. The topological polar surface area (TPSA) is 227 Å². The zero-order valence-corrected chi connectivity index (χ0v) is 38.1. The SMILES string of the molecule is COc1cnc(-n2ncnc2C)c2[nH]cc(C(=O)C(=O)N3CCN(C(=O)c4ccccc4)CC3)c12.COc1cnc(-n2ncnc2C)c2[nH]ccc12.Cl.O=C(c1ccccc1)N1CCNCC1. The summed E-state index contributed by atoms with van der Waals surface area (Å²) in [5.41, 5.74) is 2.96. The van der Waals surface area contributed by atoms with E-state index in [1.807, 2.05) is 72.6 Å². The van der Waals surface area contributed by atoms with Crippen LogP contribution in [0.3, 0.4) is 0 Å². The molecular formula is C46H49ClN14O6. The zero-order valence-electron chi connectivity index (χ0n) is 37.2. The Bertz CT molecular complexity index is 2970. The number of aryl methyl sites for hydroxylation is 2. The van der Waals surface area contributed by atoms with Gasteiger partial charge in [-0.15, -0.1) is 12.4 Å². The van der Waals surface area contributed by atoms with Crippen LogP contribution in [0.1, 0.15) is 42.7 Å². The Labute approximate surface area is 390 Å². The highest BCUT2D eigenvalue weighted by Crippen LogP contribution is 2.32. The lowest BCUT2D eigenvalue weighted by Crippen LogP contribution is -2.52. The summed E-state index contributed by atoms with van der Waals surface area (Å²) in [7, 11) is 3.10. The number of amides is 3. The van der Waals surface area contributed by atoms with Crippen molar-refractivity contribution in [2.24, 2.45) is 0 Å². The Balaban J connectivity index is 0.000000172. The summed E-state index contributed by atoms with van der Waals surface area (Å²) >= 11 is 0. The first kappa shape index (κ1) is 47.0. The molecule has 0 bridgehead atoms. The van der Waals surface area contributed by atoms with E-state index < -0.39 is 11.7 Å². The molecule has 8 heterocycles. The lowest BCUT2D eigenvalue weighted by Gasteiger charge is -2.34. The minimum atomic E-state index is -0.662. The van der Waals surface area contributed by atoms with Crippen LogP contribution in [0.5, 0.6) is 11.5 Å². The van der Waals surface area contributed by atoms with Gasteiger partial charge in [-0.1, -0.05) is 36.4 Å². The van der Waals surface area contributed by atoms with E-state index in [1.165, 1.54) is 41.7 Å². The van der Waals surface area contributed by atoms with Crippen molar-refractivity contribution in [3.05, 3.63) is 133 Å². The van der Waals surface area contributed by atoms with Crippen LogP contribution in [0.15, 0.2) is 104 Å². The maximum Gasteiger partial charge on any atom is 0.295 e. The molecule has 0 unspecified atom stereocenters. The van der Waals surface area contributed by atoms with Crippen molar-refractivity contribution in [3.8, 4) is 23.1 Å². The minimum Gasteiger partial charge on any atom is -0.494 e. The lowest BCUT2D eigenvalue weighted by molar-refractivity contribution is -0.127. The number of halogens is 1. The molecule has 0 aliphatic carbocycles. The van der Waals surface area contributed by atoms with Gasteiger partial charge in [-0.3, -0.25) is 19.2 Å². The number of hydrogen-bond donors (Lipinski definition) is 3. The lowest BCUT2D eigenvalue weighted by atomic mass is 10.1. The number of benzene rings is 2. The molecule has 10 rings (SSSR count). The van der Waals surface area contributed by atoms with Crippen LogP contribution in [0.2, 0.25) is 0 Å². The van der Waals surface area contributed by atoms with Gasteiger partial charge < -0.3 is 39.5 Å². The summed E-state index contributed by atoms with van der Waals surface area (Å²) in [6.45, 7) is 8.34. The summed E-state index contributed by atoms with van der Waals surface area (Å²) < 4.78 is 13.9. The second kappa shape index (κ2) is 21.3. The molecule has 0 spiro atoms. The second-order valence-electron chi connectivity index (χ2n) is 15.1. The largest absolute Gasteiger partial charge is 0.494 e. The van der Waals surface area contributed by atoms with Crippen molar-refractivity contribution >= 4 is 57.7 Å². The van der Waals surface area contributed by atoms with E-state index in [0.29, 0.717) is 46.9 Å². The van der Waals surface area contributed by atoms with Crippen LogP contribution in [0.25, 0.3) is 33.4 Å². The summed E-state index contributed by atoms with van der Waals surface area (Å²) in [4.78, 5) is 79.2. The molecule has 2 fully saturated rings. The number of carbonyl (C=O) groups excluding carboxylic acids is 4. The number of aromatic amines is 2. The molecule has 0 saturated carbocycles. The van der Waals surface area contributed by atoms with Crippen LogP contribution in [0.4, 0.5) is 0 Å². The van der Waals surface area contributed by atoms with Gasteiger partial charge in [-0.25, -0.2) is 19.9 Å². The third-order valence-electron chi connectivity index (χ3n) is 11.2. The van der Waals surface area contributed by atoms with Crippen molar-refractivity contribution in [3.63, 3.8) is 0 Å². The van der Waals surface area contributed by atoms with E-state index >= 15 is 0 Å². The number of Topliss-reactive ketones (excluding diaryl/α,β-unsaturated/α-hetero) is 1. The molecule has 67 heavy (non-hydrogen) atoms. The van der Waals surface area contributed by atoms with Gasteiger partial charge in [0.05, 0.1) is 48.6 Å². The number of fused-ring (bicyclic) bond motifs is 2. The molecule has 0 atom stereocenters. The van der Waals surface area contributed by atoms with Gasteiger partial charge in [0.1, 0.15) is 35.8 Å². The standard InChI is InChI=1S/C24H23N7O4.C11H11N5O.C11H14N2O.ClH/c1-15-27-14-28-31(15)22-20-19(18(35-2)13-26-22)17(12-25-20)21(32)24(34)30-10-8-29(9-11-30)23(33)16-6-4-3-5-7-16;1-7-14-6-15-16(7)11-10-8(3-4-12-10)9(17-2)5-13-11;14-11(10-4-2-1-3-5-10)13-8-6-12-7-9-13;/h3-7,12-14,25H,8-11H2,1-2H3;3-6,12H,1-2H3;1-5,12H,6-9H2;1H. The highest BCUT2D eigenvalue weighted by Gasteiger charge is 2.31. The fourth-order valence-electron chi connectivity index (χ4n) is 7.72. The number of aromatic nitrogens is 10. The summed E-state index contributed by atoms with van der Waals surface area (Å²) in [5.74, 6) is 2.43. The van der Waals surface area contributed by atoms with E-state index in [4.69, 9.17) is 9.47 Å². The van der Waals surface area contributed by atoms with Gasteiger partial charge in [-0.2, -0.15) is 19.6 Å². The predicted octanol–water partition coefficient (Wildman–Crippen LogP) is 4.24. The number of carbonyl (C=O) groups is 4. The molecular weight excluding hydrogens is 880 g/mol. The van der Waals surface area contributed by atoms with E-state index in [9.17, 15) is 19.2 Å². The normalized spacial score (nSPS) is 13.5. The van der Waals surface area contributed by atoms with E-state index in [2.05, 4.69) is 45.4 Å². The Morgan fingerprint density at radius 1 is 0.597 bits per heavy atom. The van der Waals surface area contributed by atoms with Crippen LogP contribution >= 0.6 is 12.4 Å². The van der Waals surface area contributed by atoms with Crippen molar-refractivity contribution in [1.29, 1.82) is 0 Å². The highest BCUT2D eigenvalue weighted by molar-refractivity contribution is 6.45. The van der Waals surface area contributed by atoms with Crippen LogP contribution < -0.4 is 14.8 Å². The molecule has 346 valence electrons. The number of nitrogens with one attached hydrogen (secondary N) is 3. The van der Waals surface area contributed by atoms with E-state index in [0.717, 1.165) is 60.0 Å². The van der Waals surface area contributed by atoms with E-state index in [-0.39, 0.29) is 42.9 Å². The Morgan fingerprint density at radius 3 is 1.63 bits per heavy atom. The van der Waals surface area contributed by atoms with Gasteiger partial charge in [-0.05, 0) is 44.2 Å². The number of nitrogens with zero attached hydrogens (tertiary/aromatic N) is 11. The first-order chi connectivity index (χ1) is 32.2. The minimum absolute atomic E-state index is 0. The monoisotopic (exact) mass is 928 g/mol. The number of hydrogen-bond acceptors (Lipinski definition) is 13. The van der Waals surface area contributed by atoms with Gasteiger partial charge in [0.15, 0.2) is 11.6 Å². The molecule has 8 aromatic rings. The van der Waals surface area contributed by atoms with Gasteiger partial charge in [0.25, 0.3) is 23.5 Å². The molecule has 2 aromatic carbocycles. The fraction of sp³-hybridized carbons (Fsp3) is 0.261. The van der Waals surface area contributed by atoms with Gasteiger partial charge >= 0.3 is 0 Å². The Hall–Kier alpha value is -7.97. The average molecular weight is 929 g/mol. The third-order valence-corrected chi connectivity index (χ3v) is 11.2. The molecule has 3 N–H and O–H groups in total. The number of ketones is 1. The van der Waals surface area contributed by atoms with Crippen molar-refractivity contribution in [2.45, 2.75) is 13.8 Å². The molecule has 6 aromatic heterocycles. The molecule has 2 aliphatic heterocycles. The fourth-order valence-corrected chi connectivity index (χ4v) is 7.72. The van der Waals surface area contributed by atoms with Gasteiger partial charge in [0.2, 0.25) is 0 Å². The maximum atomic E-state index is 13.3. The quantitative estimate of drug-likeness (QED) is 0.143. The van der Waals surface area contributed by atoms with E-state index in [1.54, 1.807) is 41.9 Å². The van der Waals surface area contributed by atoms with Crippen molar-refractivity contribution in [2.75, 3.05) is 66.6 Å². The van der Waals surface area contributed by atoms with Crippen molar-refractivity contribution in [1.82, 2.24) is 69.5 Å². The molecule has 3 amide bonds. The van der Waals surface area contributed by atoms with Crippen molar-refractivity contribution < 1.29 is 28.7 Å². The summed E-state index contributed by atoms with van der Waals surface area (Å²) in [6.07, 6.45) is 9.43. The smallest absolute Gasteiger partial charge is 0.295 e. The number of methoxy groups -OCH3 is 2. The number of H-pyrrole nitrogens is 2. The molecule has 0 radical (unpaired) electrons. The molecule has 2 aliphatic rings. The first-order valence-corrected chi connectivity index (χ1v) is 21.2. The Morgan fingerprint density at radius 2 is 1.10 bits per heavy atom. The number of piperazine rings is 2. The highest BCUT2D eigenvalue weighted by atomic mass is 35.5. The predicted molar refractivity (Wildman–Crippen MR) is 250 cm³/mol. The van der Waals surface area contributed by atoms with Crippen LogP contribution in [0, 0.1) is 13.8 Å². The summed E-state index contributed by atoms with van der Waals surface area (Å²) in [5, 5.41) is 13.0. The molecule has 20 nitrogen and oxygen atoms in total. The summed E-state index contributed by atoms with van der Waals surface area (Å²) in [6, 6.07) is 20.4. The average Bonchev–Trinajstić information content (AvgIpc) is 4.22. The Kier molecular flexibility index (Phi) is 15.0. The van der Waals surface area contributed by atoms with Crippen LogP contribution in [-0.2, 0) is 4.79 Å². The number of rotatable bonds is 8. The zero-order chi connectivity index (χ0) is 46.2. The van der Waals surface area contributed by atoms with Crippen LogP contribution in [-0.4, -0.2) is 154 Å². The number of ether oxygens (including phenoxy) is 2. The third kappa shape index (κ3) is 9.99. The second-order valence-corrected chi connectivity index (χ2v) is 15.1. The first-order valence-electron chi connectivity index (χ1n) is 21.2.